The molecule has 0 spiro atoms. The van der Waals surface area contributed by atoms with E-state index in [4.69, 9.17) is 0 Å². The van der Waals surface area contributed by atoms with Crippen molar-refractivity contribution in [3.63, 3.8) is 0 Å². The predicted octanol–water partition coefficient (Wildman–Crippen LogP) is 4.04. The van der Waals surface area contributed by atoms with E-state index >= 15 is 0 Å². The number of benzene rings is 1. The molecule has 2 aliphatic rings. The highest BCUT2D eigenvalue weighted by Gasteiger charge is 2.27. The smallest absolute Gasteiger partial charge is 0.0830 e. The van der Waals surface area contributed by atoms with Crippen molar-refractivity contribution in [1.29, 1.82) is 0 Å². The maximum atomic E-state index is 4.55. The molecule has 2 aromatic rings. The Morgan fingerprint density at radius 1 is 1.24 bits per heavy atom. The van der Waals surface area contributed by atoms with Crippen molar-refractivity contribution in [2.24, 2.45) is 13.0 Å². The molecule has 0 bridgehead atoms. The molecule has 2 heterocycles. The Bertz CT molecular complexity index is 757. The molecule has 1 aromatic heterocycles. The van der Waals surface area contributed by atoms with Crippen molar-refractivity contribution >= 4 is 11.4 Å². The van der Waals surface area contributed by atoms with E-state index in [0.717, 1.165) is 18.2 Å². The quantitative estimate of drug-likeness (QED) is 0.822. The standard InChI is InChI=1S/C21H30N4/c1-15(2)25(21-14-23(4)22-16(21)3)20-8-7-18-9-10-24(12-17-5-6-17)13-19(18)11-20/h7-8,11,14-15,17H,5-6,9-10,12-13H2,1-4H3. The van der Waals surface area contributed by atoms with Crippen LogP contribution in [0.1, 0.15) is 43.5 Å². The highest BCUT2D eigenvalue weighted by atomic mass is 15.3. The van der Waals surface area contributed by atoms with Gasteiger partial charge in [-0.15, -0.1) is 0 Å². The van der Waals surface area contributed by atoms with Gasteiger partial charge in [-0.25, -0.2) is 0 Å². The van der Waals surface area contributed by atoms with Gasteiger partial charge in [0.05, 0.1) is 11.4 Å². The fourth-order valence-corrected chi connectivity index (χ4v) is 4.11. The molecule has 134 valence electrons. The van der Waals surface area contributed by atoms with Gasteiger partial charge >= 0.3 is 0 Å². The van der Waals surface area contributed by atoms with Crippen LogP contribution < -0.4 is 4.90 Å². The van der Waals surface area contributed by atoms with Gasteiger partial charge in [-0.05, 0) is 69.2 Å². The third-order valence-electron chi connectivity index (χ3n) is 5.54. The van der Waals surface area contributed by atoms with Crippen LogP contribution in [0.15, 0.2) is 24.4 Å². The molecule has 4 nitrogen and oxygen atoms in total. The first-order valence-electron chi connectivity index (χ1n) is 9.65. The van der Waals surface area contributed by atoms with Gasteiger partial charge in [0.15, 0.2) is 0 Å². The maximum absolute atomic E-state index is 4.55. The van der Waals surface area contributed by atoms with E-state index in [0.29, 0.717) is 6.04 Å². The number of anilines is 2. The van der Waals surface area contributed by atoms with E-state index in [9.17, 15) is 0 Å². The molecule has 4 heteroatoms. The molecule has 4 rings (SSSR count). The average molecular weight is 338 g/mol. The summed E-state index contributed by atoms with van der Waals surface area (Å²) in [5.74, 6) is 0.968. The third-order valence-corrected chi connectivity index (χ3v) is 5.54. The highest BCUT2D eigenvalue weighted by molar-refractivity contribution is 5.66. The van der Waals surface area contributed by atoms with E-state index in [1.165, 1.54) is 54.9 Å². The topological polar surface area (TPSA) is 24.3 Å². The summed E-state index contributed by atoms with van der Waals surface area (Å²) in [5, 5.41) is 4.55. The maximum Gasteiger partial charge on any atom is 0.0830 e. The molecular formula is C21H30N4. The zero-order valence-electron chi connectivity index (χ0n) is 16.0. The first-order chi connectivity index (χ1) is 12.0. The number of aryl methyl sites for hydroxylation is 2. The Balaban J connectivity index is 1.63. The Morgan fingerprint density at radius 2 is 2.04 bits per heavy atom. The van der Waals surface area contributed by atoms with E-state index < -0.39 is 0 Å². The molecular weight excluding hydrogens is 308 g/mol. The Labute approximate surface area is 151 Å². The van der Waals surface area contributed by atoms with Crippen LogP contribution in [0.5, 0.6) is 0 Å². The molecule has 1 fully saturated rings. The lowest BCUT2D eigenvalue weighted by Gasteiger charge is -2.32. The fraction of sp³-hybridized carbons (Fsp3) is 0.571. The van der Waals surface area contributed by atoms with Crippen LogP contribution in [-0.2, 0) is 20.0 Å². The number of aromatic nitrogens is 2. The van der Waals surface area contributed by atoms with Gasteiger partial charge in [0.1, 0.15) is 0 Å². The van der Waals surface area contributed by atoms with Crippen molar-refractivity contribution < 1.29 is 0 Å². The van der Waals surface area contributed by atoms with Gasteiger partial charge in [-0.2, -0.15) is 5.10 Å². The Hall–Kier alpha value is -1.81. The molecule has 0 N–H and O–H groups in total. The summed E-state index contributed by atoms with van der Waals surface area (Å²) in [7, 11) is 2.00. The zero-order valence-corrected chi connectivity index (χ0v) is 16.0. The lowest BCUT2D eigenvalue weighted by molar-refractivity contribution is 0.244. The van der Waals surface area contributed by atoms with Crippen LogP contribution in [-0.4, -0.2) is 33.8 Å². The number of nitrogens with zero attached hydrogens (tertiary/aromatic N) is 4. The van der Waals surface area contributed by atoms with E-state index in [1.807, 2.05) is 11.7 Å². The van der Waals surface area contributed by atoms with Gasteiger partial charge < -0.3 is 4.90 Å². The van der Waals surface area contributed by atoms with Crippen molar-refractivity contribution in [3.8, 4) is 0 Å². The van der Waals surface area contributed by atoms with E-state index in [2.05, 4.69) is 60.1 Å². The van der Waals surface area contributed by atoms with E-state index in [-0.39, 0.29) is 0 Å². The SMILES string of the molecule is Cc1nn(C)cc1N(c1ccc2c(c1)CN(CC1CC1)CC2)C(C)C. The van der Waals surface area contributed by atoms with Crippen LogP contribution in [0.25, 0.3) is 0 Å². The lowest BCUT2D eigenvalue weighted by Crippen LogP contribution is -2.32. The number of rotatable bonds is 5. The van der Waals surface area contributed by atoms with Gasteiger partial charge in [0.2, 0.25) is 0 Å². The second-order valence-corrected chi connectivity index (χ2v) is 8.12. The van der Waals surface area contributed by atoms with Crippen LogP contribution in [0.4, 0.5) is 11.4 Å². The third kappa shape index (κ3) is 3.45. The van der Waals surface area contributed by atoms with Crippen LogP contribution >= 0.6 is 0 Å². The zero-order chi connectivity index (χ0) is 17.6. The fourth-order valence-electron chi connectivity index (χ4n) is 4.11. The van der Waals surface area contributed by atoms with Gasteiger partial charge in [0, 0.05) is 44.6 Å². The van der Waals surface area contributed by atoms with Gasteiger partial charge in [0.25, 0.3) is 0 Å². The van der Waals surface area contributed by atoms with Crippen LogP contribution in [0, 0.1) is 12.8 Å². The number of fused-ring (bicyclic) bond motifs is 1. The van der Waals surface area contributed by atoms with Crippen LogP contribution in [0.3, 0.4) is 0 Å². The minimum atomic E-state index is 0.395. The minimum absolute atomic E-state index is 0.395. The van der Waals surface area contributed by atoms with Crippen molar-refractivity contribution in [1.82, 2.24) is 14.7 Å². The van der Waals surface area contributed by atoms with Gasteiger partial charge in [-0.1, -0.05) is 6.07 Å². The minimum Gasteiger partial charge on any atom is -0.336 e. The second kappa shape index (κ2) is 6.49. The first kappa shape index (κ1) is 16.6. The molecule has 0 unspecified atom stereocenters. The van der Waals surface area contributed by atoms with Gasteiger partial charge in [-0.3, -0.25) is 9.58 Å². The molecule has 1 saturated carbocycles. The molecule has 0 amide bonds. The summed E-state index contributed by atoms with van der Waals surface area (Å²) in [6, 6.07) is 7.45. The molecule has 0 radical (unpaired) electrons. The van der Waals surface area contributed by atoms with Crippen molar-refractivity contribution in [2.75, 3.05) is 18.0 Å². The number of hydrogen-bond donors (Lipinski definition) is 0. The normalized spacial score (nSPS) is 17.8. The average Bonchev–Trinajstić information content (AvgIpc) is 3.31. The molecule has 0 saturated heterocycles. The summed E-state index contributed by atoms with van der Waals surface area (Å²) in [6.07, 6.45) is 6.19. The molecule has 0 atom stereocenters. The highest BCUT2D eigenvalue weighted by Crippen LogP contribution is 2.34. The Morgan fingerprint density at radius 3 is 2.68 bits per heavy atom. The van der Waals surface area contributed by atoms with Crippen molar-refractivity contribution in [2.45, 2.75) is 52.6 Å². The molecule has 1 aromatic carbocycles. The molecule has 1 aliphatic carbocycles. The second-order valence-electron chi connectivity index (χ2n) is 8.12. The summed E-state index contributed by atoms with van der Waals surface area (Å²) >= 11 is 0. The van der Waals surface area contributed by atoms with Crippen LogP contribution in [0.2, 0.25) is 0 Å². The first-order valence-corrected chi connectivity index (χ1v) is 9.65. The predicted molar refractivity (Wildman–Crippen MR) is 103 cm³/mol. The molecule has 25 heavy (non-hydrogen) atoms. The monoisotopic (exact) mass is 338 g/mol. The summed E-state index contributed by atoms with van der Waals surface area (Å²) < 4.78 is 1.91. The largest absolute Gasteiger partial charge is 0.336 e. The Kier molecular flexibility index (Phi) is 4.32. The van der Waals surface area contributed by atoms with E-state index in [1.54, 1.807) is 0 Å². The lowest BCUT2D eigenvalue weighted by atomic mass is 9.98. The molecule has 1 aliphatic heterocycles. The summed E-state index contributed by atoms with van der Waals surface area (Å²) in [5.41, 5.74) is 6.63. The summed E-state index contributed by atoms with van der Waals surface area (Å²) in [6.45, 7) is 10.2. The summed E-state index contributed by atoms with van der Waals surface area (Å²) in [4.78, 5) is 5.07. The number of hydrogen-bond acceptors (Lipinski definition) is 3. The van der Waals surface area contributed by atoms with Crippen molar-refractivity contribution in [3.05, 3.63) is 41.2 Å².